The number of aliphatic hydroxyl groups excluding tert-OH is 1. The molecular weight excluding hydrogens is 264 g/mol. The van der Waals surface area contributed by atoms with E-state index in [0.717, 1.165) is 42.5 Å². The number of benzene rings is 2. The van der Waals surface area contributed by atoms with Crippen LogP contribution in [0.15, 0.2) is 42.5 Å². The Morgan fingerprint density at radius 2 is 1.71 bits per heavy atom. The number of amides is 1. The normalized spacial score (nSPS) is 16.3. The molecule has 4 heteroatoms. The Balaban J connectivity index is 1.72. The van der Waals surface area contributed by atoms with Crippen molar-refractivity contribution in [3.63, 3.8) is 0 Å². The number of aliphatic hydroxyl groups is 1. The first kappa shape index (κ1) is 14.0. The van der Waals surface area contributed by atoms with Gasteiger partial charge in [-0.1, -0.05) is 30.3 Å². The summed E-state index contributed by atoms with van der Waals surface area (Å²) in [5.41, 5.74) is 0.754. The quantitative estimate of drug-likeness (QED) is 0.931. The van der Waals surface area contributed by atoms with E-state index in [1.54, 1.807) is 0 Å². The highest BCUT2D eigenvalue weighted by Gasteiger charge is 2.21. The molecular formula is C17H20N2O2. The predicted molar refractivity (Wildman–Crippen MR) is 83.4 cm³/mol. The van der Waals surface area contributed by atoms with E-state index in [4.69, 9.17) is 5.11 Å². The first-order valence-corrected chi connectivity index (χ1v) is 7.39. The van der Waals surface area contributed by atoms with Crippen molar-refractivity contribution in [1.82, 2.24) is 9.80 Å². The fraction of sp³-hybridized carbons (Fsp3) is 0.353. The van der Waals surface area contributed by atoms with Gasteiger partial charge in [-0.2, -0.15) is 0 Å². The lowest BCUT2D eigenvalue weighted by molar-refractivity contribution is 0.0615. The van der Waals surface area contributed by atoms with Crippen molar-refractivity contribution in [2.75, 3.05) is 39.3 Å². The molecule has 0 radical (unpaired) electrons. The van der Waals surface area contributed by atoms with E-state index in [2.05, 4.69) is 11.0 Å². The minimum absolute atomic E-state index is 0.101. The molecule has 110 valence electrons. The van der Waals surface area contributed by atoms with Crippen molar-refractivity contribution >= 4 is 16.7 Å². The number of carbonyl (C=O) groups is 1. The van der Waals surface area contributed by atoms with Crippen molar-refractivity contribution in [2.45, 2.75) is 0 Å². The van der Waals surface area contributed by atoms with Crippen LogP contribution in [0.5, 0.6) is 0 Å². The predicted octanol–water partition coefficient (Wildman–Crippen LogP) is 1.59. The second-order valence-corrected chi connectivity index (χ2v) is 5.42. The van der Waals surface area contributed by atoms with Gasteiger partial charge in [-0.05, 0) is 22.9 Å². The summed E-state index contributed by atoms with van der Waals surface area (Å²) in [5.74, 6) is 0.101. The molecule has 1 fully saturated rings. The molecule has 0 spiro atoms. The maximum absolute atomic E-state index is 12.6. The molecule has 1 amide bonds. The van der Waals surface area contributed by atoms with Crippen LogP contribution >= 0.6 is 0 Å². The van der Waals surface area contributed by atoms with Crippen LogP contribution in [0, 0.1) is 0 Å². The smallest absolute Gasteiger partial charge is 0.253 e. The van der Waals surface area contributed by atoms with E-state index in [0.29, 0.717) is 6.54 Å². The van der Waals surface area contributed by atoms with Gasteiger partial charge >= 0.3 is 0 Å². The molecule has 1 heterocycles. The van der Waals surface area contributed by atoms with Gasteiger partial charge < -0.3 is 10.0 Å². The van der Waals surface area contributed by atoms with Gasteiger partial charge in [-0.25, -0.2) is 0 Å². The number of hydrogen-bond acceptors (Lipinski definition) is 3. The molecule has 0 unspecified atom stereocenters. The number of carbonyl (C=O) groups excluding carboxylic acids is 1. The van der Waals surface area contributed by atoms with Crippen LogP contribution in [-0.4, -0.2) is 60.1 Å². The van der Waals surface area contributed by atoms with Gasteiger partial charge in [-0.3, -0.25) is 9.69 Å². The zero-order valence-corrected chi connectivity index (χ0v) is 12.0. The Kier molecular flexibility index (Phi) is 4.18. The van der Waals surface area contributed by atoms with Crippen molar-refractivity contribution in [3.8, 4) is 0 Å². The van der Waals surface area contributed by atoms with Crippen LogP contribution in [0.1, 0.15) is 10.4 Å². The fourth-order valence-electron chi connectivity index (χ4n) is 2.82. The molecule has 1 N–H and O–H groups in total. The molecule has 4 nitrogen and oxygen atoms in total. The molecule has 0 saturated carbocycles. The first-order valence-electron chi connectivity index (χ1n) is 7.39. The van der Waals surface area contributed by atoms with E-state index in [1.165, 1.54) is 0 Å². The van der Waals surface area contributed by atoms with Gasteiger partial charge in [0.05, 0.1) is 6.61 Å². The highest BCUT2D eigenvalue weighted by Crippen LogP contribution is 2.17. The van der Waals surface area contributed by atoms with E-state index in [1.807, 2.05) is 41.3 Å². The summed E-state index contributed by atoms with van der Waals surface area (Å²) in [5, 5.41) is 11.2. The molecule has 0 aromatic heterocycles. The van der Waals surface area contributed by atoms with Crippen LogP contribution in [0.4, 0.5) is 0 Å². The van der Waals surface area contributed by atoms with Gasteiger partial charge in [0.15, 0.2) is 0 Å². The maximum Gasteiger partial charge on any atom is 0.253 e. The second kappa shape index (κ2) is 6.24. The van der Waals surface area contributed by atoms with Crippen molar-refractivity contribution in [1.29, 1.82) is 0 Å². The van der Waals surface area contributed by atoms with Gasteiger partial charge in [0.1, 0.15) is 0 Å². The highest BCUT2D eigenvalue weighted by molar-refractivity contribution is 5.98. The second-order valence-electron chi connectivity index (χ2n) is 5.42. The van der Waals surface area contributed by atoms with Crippen LogP contribution in [0.3, 0.4) is 0 Å². The molecule has 3 rings (SSSR count). The number of piperazine rings is 1. The van der Waals surface area contributed by atoms with Crippen LogP contribution in [-0.2, 0) is 0 Å². The number of hydrogen-bond donors (Lipinski definition) is 1. The molecule has 0 bridgehead atoms. The van der Waals surface area contributed by atoms with E-state index >= 15 is 0 Å². The van der Waals surface area contributed by atoms with Gasteiger partial charge in [0.25, 0.3) is 5.91 Å². The van der Waals surface area contributed by atoms with Crippen LogP contribution < -0.4 is 0 Å². The lowest BCUT2D eigenvalue weighted by atomic mass is 10.1. The summed E-state index contributed by atoms with van der Waals surface area (Å²) < 4.78 is 0. The average molecular weight is 284 g/mol. The van der Waals surface area contributed by atoms with Gasteiger partial charge in [-0.15, -0.1) is 0 Å². The zero-order valence-electron chi connectivity index (χ0n) is 12.0. The van der Waals surface area contributed by atoms with E-state index in [9.17, 15) is 4.79 Å². The van der Waals surface area contributed by atoms with Gasteiger partial charge in [0, 0.05) is 38.3 Å². The summed E-state index contributed by atoms with van der Waals surface area (Å²) in [7, 11) is 0. The topological polar surface area (TPSA) is 43.8 Å². The summed E-state index contributed by atoms with van der Waals surface area (Å²) in [6, 6.07) is 14.0. The van der Waals surface area contributed by atoms with Crippen molar-refractivity contribution in [3.05, 3.63) is 48.0 Å². The summed E-state index contributed by atoms with van der Waals surface area (Å²) in [6.45, 7) is 3.99. The molecule has 0 atom stereocenters. The summed E-state index contributed by atoms with van der Waals surface area (Å²) in [6.07, 6.45) is 0. The Hall–Kier alpha value is -1.91. The Labute approximate surface area is 124 Å². The molecule has 1 aliphatic rings. The fourth-order valence-corrected chi connectivity index (χ4v) is 2.82. The summed E-state index contributed by atoms with van der Waals surface area (Å²) in [4.78, 5) is 16.7. The number of fused-ring (bicyclic) bond motifs is 1. The third-order valence-corrected chi connectivity index (χ3v) is 4.07. The minimum Gasteiger partial charge on any atom is -0.395 e. The average Bonchev–Trinajstić information content (AvgIpc) is 2.55. The SMILES string of the molecule is O=C(c1ccc2ccccc2c1)N1CCN(CCO)CC1. The van der Waals surface area contributed by atoms with E-state index in [-0.39, 0.29) is 12.5 Å². The highest BCUT2D eigenvalue weighted by atomic mass is 16.3. The van der Waals surface area contributed by atoms with Crippen molar-refractivity contribution in [2.24, 2.45) is 0 Å². The maximum atomic E-state index is 12.6. The lowest BCUT2D eigenvalue weighted by Gasteiger charge is -2.34. The van der Waals surface area contributed by atoms with Crippen LogP contribution in [0.25, 0.3) is 10.8 Å². The summed E-state index contributed by atoms with van der Waals surface area (Å²) >= 11 is 0. The van der Waals surface area contributed by atoms with E-state index < -0.39 is 0 Å². The Morgan fingerprint density at radius 1 is 1.00 bits per heavy atom. The largest absolute Gasteiger partial charge is 0.395 e. The zero-order chi connectivity index (χ0) is 14.7. The molecule has 1 aliphatic heterocycles. The molecule has 1 saturated heterocycles. The molecule has 21 heavy (non-hydrogen) atoms. The molecule has 0 aliphatic carbocycles. The first-order chi connectivity index (χ1) is 10.3. The third-order valence-electron chi connectivity index (χ3n) is 4.07. The Bertz CT molecular complexity index is 633. The molecule has 2 aromatic rings. The number of nitrogens with zero attached hydrogens (tertiary/aromatic N) is 2. The number of β-amino-alcohol motifs (C(OH)–C–C–N with tert-alkyl or cyclic N) is 1. The Morgan fingerprint density at radius 3 is 2.43 bits per heavy atom. The minimum atomic E-state index is 0.101. The monoisotopic (exact) mass is 284 g/mol. The lowest BCUT2D eigenvalue weighted by Crippen LogP contribution is -2.49. The van der Waals surface area contributed by atoms with Crippen molar-refractivity contribution < 1.29 is 9.90 Å². The van der Waals surface area contributed by atoms with Gasteiger partial charge in [0.2, 0.25) is 0 Å². The number of rotatable bonds is 3. The van der Waals surface area contributed by atoms with Crippen LogP contribution in [0.2, 0.25) is 0 Å². The standard InChI is InChI=1S/C17H20N2O2/c20-12-11-18-7-9-19(10-8-18)17(21)16-6-5-14-3-1-2-4-15(14)13-16/h1-6,13,20H,7-12H2. The molecule has 2 aromatic carbocycles. The third kappa shape index (κ3) is 3.06.